The Hall–Kier alpha value is -1.31. The number of rotatable bonds is 9. The molecule has 0 aliphatic rings. The topological polar surface area (TPSA) is 89.7 Å². The van der Waals surface area contributed by atoms with Crippen molar-refractivity contribution in [2.24, 2.45) is 11.7 Å². The molecule has 1 rings (SSSR count). The van der Waals surface area contributed by atoms with Gasteiger partial charge >= 0.3 is 0 Å². The van der Waals surface area contributed by atoms with Gasteiger partial charge in [-0.1, -0.05) is 13.8 Å². The second kappa shape index (κ2) is 10.6. The maximum absolute atomic E-state index is 12.1. The molecular weight excluding hydrogens is 364 g/mol. The number of carbonyl (C=O) groups excluding carboxylic acids is 1. The number of sulfone groups is 1. The van der Waals surface area contributed by atoms with E-state index in [1.54, 1.807) is 24.1 Å². The fourth-order valence-electron chi connectivity index (χ4n) is 2.28. The Bertz CT molecular complexity index is 633. The van der Waals surface area contributed by atoms with Gasteiger partial charge in [-0.15, -0.1) is 12.4 Å². The van der Waals surface area contributed by atoms with Crippen LogP contribution in [0.4, 0.5) is 0 Å². The fraction of sp³-hybridized carbons (Fsp3) is 0.588. The molecule has 1 atom stereocenters. The van der Waals surface area contributed by atoms with Gasteiger partial charge in [-0.25, -0.2) is 8.42 Å². The van der Waals surface area contributed by atoms with Crippen molar-refractivity contribution in [1.29, 1.82) is 0 Å². The predicted molar refractivity (Wildman–Crippen MR) is 102 cm³/mol. The van der Waals surface area contributed by atoms with E-state index in [1.807, 2.05) is 13.8 Å². The summed E-state index contributed by atoms with van der Waals surface area (Å²) in [5.74, 6) is 0.935. The summed E-state index contributed by atoms with van der Waals surface area (Å²) in [4.78, 5) is 14.0. The van der Waals surface area contributed by atoms with Crippen LogP contribution in [0.1, 0.15) is 26.7 Å². The molecule has 1 aromatic carbocycles. The van der Waals surface area contributed by atoms with Gasteiger partial charge < -0.3 is 15.4 Å². The SMILES string of the molecule is CC(C)C[C@H](N)C(=O)N(C)CCCOc1ccc(S(C)(=O)=O)cc1.Cl. The highest BCUT2D eigenvalue weighted by Crippen LogP contribution is 2.16. The Labute approximate surface area is 157 Å². The lowest BCUT2D eigenvalue weighted by atomic mass is 10.0. The van der Waals surface area contributed by atoms with Crippen LogP contribution in [0.5, 0.6) is 5.75 Å². The van der Waals surface area contributed by atoms with Gasteiger partial charge in [0.2, 0.25) is 5.91 Å². The molecule has 8 heteroatoms. The monoisotopic (exact) mass is 392 g/mol. The minimum Gasteiger partial charge on any atom is -0.494 e. The number of nitrogens with two attached hydrogens (primary N) is 1. The molecule has 6 nitrogen and oxygen atoms in total. The minimum absolute atomic E-state index is 0. The van der Waals surface area contributed by atoms with Crippen molar-refractivity contribution in [3.63, 3.8) is 0 Å². The van der Waals surface area contributed by atoms with Gasteiger partial charge in [0.1, 0.15) is 5.75 Å². The molecule has 0 saturated carbocycles. The number of likely N-dealkylation sites (N-methyl/N-ethyl adjacent to an activating group) is 1. The smallest absolute Gasteiger partial charge is 0.239 e. The van der Waals surface area contributed by atoms with Crippen LogP contribution in [0.15, 0.2) is 29.2 Å². The standard InChI is InChI=1S/C17H28N2O4S.ClH/c1-13(2)12-16(18)17(20)19(3)10-5-11-23-14-6-8-15(9-7-14)24(4,21)22;/h6-9,13,16H,5,10-12,18H2,1-4H3;1H/t16-;/m0./s1. The molecule has 0 fully saturated rings. The maximum Gasteiger partial charge on any atom is 0.239 e. The van der Waals surface area contributed by atoms with Crippen LogP contribution in [-0.2, 0) is 14.6 Å². The number of hydrogen-bond acceptors (Lipinski definition) is 5. The van der Waals surface area contributed by atoms with E-state index in [4.69, 9.17) is 10.5 Å². The largest absolute Gasteiger partial charge is 0.494 e. The molecule has 144 valence electrons. The van der Waals surface area contributed by atoms with E-state index in [9.17, 15) is 13.2 Å². The Morgan fingerprint density at radius 2 is 1.80 bits per heavy atom. The van der Waals surface area contributed by atoms with E-state index in [0.29, 0.717) is 37.7 Å². The van der Waals surface area contributed by atoms with E-state index in [2.05, 4.69) is 0 Å². The highest BCUT2D eigenvalue weighted by atomic mass is 35.5. The maximum atomic E-state index is 12.1. The third-order valence-corrected chi connectivity index (χ3v) is 4.71. The molecule has 0 heterocycles. The normalized spacial score (nSPS) is 12.4. The van der Waals surface area contributed by atoms with Crippen LogP contribution < -0.4 is 10.5 Å². The predicted octanol–water partition coefficient (Wildman–Crippen LogP) is 2.11. The summed E-state index contributed by atoms with van der Waals surface area (Å²) < 4.78 is 28.3. The third kappa shape index (κ3) is 8.56. The zero-order valence-corrected chi connectivity index (χ0v) is 16.9. The van der Waals surface area contributed by atoms with Crippen LogP contribution >= 0.6 is 12.4 Å². The average molecular weight is 393 g/mol. The first-order chi connectivity index (χ1) is 11.1. The molecule has 25 heavy (non-hydrogen) atoms. The molecular formula is C17H29ClN2O4S. The van der Waals surface area contributed by atoms with Gasteiger partial charge in [-0.05, 0) is 43.0 Å². The van der Waals surface area contributed by atoms with Crippen molar-refractivity contribution in [3.8, 4) is 5.75 Å². The number of nitrogens with zero attached hydrogens (tertiary/aromatic N) is 1. The van der Waals surface area contributed by atoms with Gasteiger partial charge in [0, 0.05) is 19.8 Å². The quantitative estimate of drug-likeness (QED) is 0.650. The summed E-state index contributed by atoms with van der Waals surface area (Å²) in [6.45, 7) is 5.08. The summed E-state index contributed by atoms with van der Waals surface area (Å²) in [6.07, 6.45) is 2.51. The summed E-state index contributed by atoms with van der Waals surface area (Å²) in [6, 6.07) is 5.84. The number of amides is 1. The zero-order chi connectivity index (χ0) is 18.3. The number of halogens is 1. The summed E-state index contributed by atoms with van der Waals surface area (Å²) in [5.41, 5.74) is 5.89. The van der Waals surface area contributed by atoms with Crippen LogP contribution in [0.2, 0.25) is 0 Å². The van der Waals surface area contributed by atoms with E-state index < -0.39 is 15.9 Å². The molecule has 0 unspecified atom stereocenters. The van der Waals surface area contributed by atoms with Crippen molar-refractivity contribution in [1.82, 2.24) is 4.90 Å². The molecule has 0 aromatic heterocycles. The fourth-order valence-corrected chi connectivity index (χ4v) is 2.91. The minimum atomic E-state index is -3.19. The van der Waals surface area contributed by atoms with Crippen molar-refractivity contribution >= 4 is 28.2 Å². The third-order valence-electron chi connectivity index (χ3n) is 3.58. The van der Waals surface area contributed by atoms with Crippen LogP contribution in [0.25, 0.3) is 0 Å². The molecule has 0 aliphatic heterocycles. The summed E-state index contributed by atoms with van der Waals surface area (Å²) in [5, 5.41) is 0. The van der Waals surface area contributed by atoms with Gasteiger partial charge in [0.25, 0.3) is 0 Å². The van der Waals surface area contributed by atoms with Crippen LogP contribution in [0.3, 0.4) is 0 Å². The number of hydrogen-bond donors (Lipinski definition) is 1. The van der Waals surface area contributed by atoms with Crippen molar-refractivity contribution < 1.29 is 17.9 Å². The Morgan fingerprint density at radius 1 is 1.24 bits per heavy atom. The lowest BCUT2D eigenvalue weighted by Gasteiger charge is -2.22. The first-order valence-electron chi connectivity index (χ1n) is 8.04. The lowest BCUT2D eigenvalue weighted by molar-refractivity contribution is -0.131. The molecule has 2 N–H and O–H groups in total. The van der Waals surface area contributed by atoms with Gasteiger partial charge in [-0.2, -0.15) is 0 Å². The van der Waals surface area contributed by atoms with E-state index in [1.165, 1.54) is 18.4 Å². The Balaban J connectivity index is 0.00000576. The molecule has 1 aromatic rings. The van der Waals surface area contributed by atoms with Crippen molar-refractivity contribution in [2.75, 3.05) is 26.5 Å². The number of ether oxygens (including phenoxy) is 1. The van der Waals surface area contributed by atoms with Gasteiger partial charge in [-0.3, -0.25) is 4.79 Å². The molecule has 0 bridgehead atoms. The van der Waals surface area contributed by atoms with Gasteiger partial charge in [0.05, 0.1) is 17.5 Å². The summed E-state index contributed by atoms with van der Waals surface area (Å²) >= 11 is 0. The zero-order valence-electron chi connectivity index (χ0n) is 15.3. The highest BCUT2D eigenvalue weighted by molar-refractivity contribution is 7.90. The average Bonchev–Trinajstić information content (AvgIpc) is 2.49. The first kappa shape index (κ1) is 23.7. The molecule has 1 amide bonds. The second-order valence-electron chi connectivity index (χ2n) is 6.44. The Kier molecular flexibility index (Phi) is 10.1. The first-order valence-corrected chi connectivity index (χ1v) is 9.94. The van der Waals surface area contributed by atoms with E-state index in [0.717, 1.165) is 0 Å². The van der Waals surface area contributed by atoms with Crippen LogP contribution in [0, 0.1) is 5.92 Å². The molecule has 0 radical (unpaired) electrons. The van der Waals surface area contributed by atoms with E-state index >= 15 is 0 Å². The Morgan fingerprint density at radius 3 is 2.28 bits per heavy atom. The number of benzene rings is 1. The lowest BCUT2D eigenvalue weighted by Crippen LogP contribution is -2.43. The molecule has 0 saturated heterocycles. The molecule has 0 spiro atoms. The van der Waals surface area contributed by atoms with Crippen LogP contribution in [-0.4, -0.2) is 51.7 Å². The second-order valence-corrected chi connectivity index (χ2v) is 8.46. The summed E-state index contributed by atoms with van der Waals surface area (Å²) in [7, 11) is -1.45. The molecule has 0 aliphatic carbocycles. The highest BCUT2D eigenvalue weighted by Gasteiger charge is 2.18. The van der Waals surface area contributed by atoms with Crippen molar-refractivity contribution in [2.45, 2.75) is 37.6 Å². The number of carbonyl (C=O) groups is 1. The van der Waals surface area contributed by atoms with E-state index in [-0.39, 0.29) is 23.2 Å². The van der Waals surface area contributed by atoms with Crippen molar-refractivity contribution in [3.05, 3.63) is 24.3 Å². The van der Waals surface area contributed by atoms with Gasteiger partial charge in [0.15, 0.2) is 9.84 Å².